The molecular weight excluding hydrogens is 234 g/mol. The first-order valence-corrected chi connectivity index (χ1v) is 5.42. The lowest BCUT2D eigenvalue weighted by atomic mass is 10.1. The Bertz CT molecular complexity index is 453. The van der Waals surface area contributed by atoms with Gasteiger partial charge in [-0.25, -0.2) is 4.79 Å². The molecule has 96 valence electrons. The molecule has 18 heavy (non-hydrogen) atoms. The highest BCUT2D eigenvalue weighted by Gasteiger charge is 2.18. The third-order valence-corrected chi connectivity index (χ3v) is 2.33. The number of carboxylic acids is 1. The molecule has 0 bridgehead atoms. The van der Waals surface area contributed by atoms with Crippen LogP contribution in [0.1, 0.15) is 24.9 Å². The molecule has 0 fully saturated rings. The molecule has 0 aliphatic rings. The van der Waals surface area contributed by atoms with Gasteiger partial charge in [-0.1, -0.05) is 30.3 Å². The Labute approximate surface area is 105 Å². The van der Waals surface area contributed by atoms with Crippen LogP contribution in [0.25, 0.3) is 0 Å². The van der Waals surface area contributed by atoms with Crippen LogP contribution in [0.4, 0.5) is 0 Å². The van der Waals surface area contributed by atoms with Crippen molar-refractivity contribution in [1.29, 1.82) is 0 Å². The highest BCUT2D eigenvalue weighted by atomic mass is 16.5. The van der Waals surface area contributed by atoms with Gasteiger partial charge in [-0.05, 0) is 12.5 Å². The van der Waals surface area contributed by atoms with Crippen LogP contribution in [-0.4, -0.2) is 29.9 Å². The first kappa shape index (κ1) is 13.9. The van der Waals surface area contributed by atoms with Gasteiger partial charge in [0.2, 0.25) is 0 Å². The summed E-state index contributed by atoms with van der Waals surface area (Å²) in [4.78, 5) is 26.3. The van der Waals surface area contributed by atoms with Crippen molar-refractivity contribution in [3.8, 4) is 0 Å². The summed E-state index contributed by atoms with van der Waals surface area (Å²) >= 11 is 0. The number of aliphatic carboxylic acids is 1. The van der Waals surface area contributed by atoms with Crippen molar-refractivity contribution in [2.24, 2.45) is 4.99 Å². The molecule has 5 nitrogen and oxygen atoms in total. The van der Waals surface area contributed by atoms with Crippen LogP contribution in [-0.2, 0) is 14.3 Å². The van der Waals surface area contributed by atoms with E-state index < -0.39 is 18.0 Å². The fourth-order valence-electron chi connectivity index (χ4n) is 1.45. The van der Waals surface area contributed by atoms with E-state index in [-0.39, 0.29) is 6.42 Å². The monoisotopic (exact) mass is 249 g/mol. The summed E-state index contributed by atoms with van der Waals surface area (Å²) in [7, 11) is 1.28. The van der Waals surface area contributed by atoms with Gasteiger partial charge < -0.3 is 9.84 Å². The van der Waals surface area contributed by atoms with Gasteiger partial charge >= 0.3 is 11.9 Å². The molecule has 1 rings (SSSR count). The minimum atomic E-state index is -1.05. The Morgan fingerprint density at radius 3 is 2.44 bits per heavy atom. The Kier molecular flexibility index (Phi) is 5.05. The normalized spacial score (nSPS) is 12.9. The molecule has 1 atom stereocenters. The first-order chi connectivity index (χ1) is 8.54. The zero-order chi connectivity index (χ0) is 13.5. The zero-order valence-electron chi connectivity index (χ0n) is 10.3. The second-order valence-corrected chi connectivity index (χ2v) is 3.77. The van der Waals surface area contributed by atoms with Gasteiger partial charge in [0.1, 0.15) is 0 Å². The van der Waals surface area contributed by atoms with Crippen LogP contribution in [0.5, 0.6) is 0 Å². The van der Waals surface area contributed by atoms with E-state index in [1.165, 1.54) is 7.11 Å². The van der Waals surface area contributed by atoms with Crippen molar-refractivity contribution in [1.82, 2.24) is 0 Å². The second-order valence-electron chi connectivity index (χ2n) is 3.77. The average molecular weight is 249 g/mol. The lowest BCUT2D eigenvalue weighted by Gasteiger charge is -2.09. The number of nitrogens with zero attached hydrogens (tertiary/aromatic N) is 1. The van der Waals surface area contributed by atoms with Gasteiger partial charge in [0.15, 0.2) is 6.04 Å². The molecule has 0 saturated heterocycles. The fraction of sp³-hybridized carbons (Fsp3) is 0.308. The predicted molar refractivity (Wildman–Crippen MR) is 66.6 cm³/mol. The molecule has 0 aromatic heterocycles. The maximum atomic E-state index is 11.2. The Morgan fingerprint density at radius 1 is 1.33 bits per heavy atom. The van der Waals surface area contributed by atoms with Crippen LogP contribution >= 0.6 is 0 Å². The number of carbonyl (C=O) groups is 2. The summed E-state index contributed by atoms with van der Waals surface area (Å²) in [6.45, 7) is 1.61. The van der Waals surface area contributed by atoms with Crippen molar-refractivity contribution in [2.45, 2.75) is 19.4 Å². The van der Waals surface area contributed by atoms with E-state index in [1.807, 2.05) is 0 Å². The molecule has 1 N–H and O–H groups in total. The van der Waals surface area contributed by atoms with Gasteiger partial charge in [0.05, 0.1) is 13.5 Å². The number of ether oxygens (including phenoxy) is 1. The van der Waals surface area contributed by atoms with E-state index in [0.717, 1.165) is 0 Å². The average Bonchev–Trinajstić information content (AvgIpc) is 2.36. The molecule has 0 radical (unpaired) electrons. The summed E-state index contributed by atoms with van der Waals surface area (Å²) in [6, 6.07) is 7.68. The van der Waals surface area contributed by atoms with Gasteiger partial charge in [0.25, 0.3) is 0 Å². The number of hydrogen-bond donors (Lipinski definition) is 1. The van der Waals surface area contributed by atoms with E-state index in [2.05, 4.69) is 9.73 Å². The predicted octanol–water partition coefficient (Wildman–Crippen LogP) is 1.84. The summed E-state index contributed by atoms with van der Waals surface area (Å²) in [5, 5.41) is 9.14. The topological polar surface area (TPSA) is 76.0 Å². The minimum Gasteiger partial charge on any atom is -0.479 e. The summed E-state index contributed by atoms with van der Waals surface area (Å²) in [5.41, 5.74) is 1.01. The number of rotatable bonds is 5. The van der Waals surface area contributed by atoms with Crippen LogP contribution in [0.2, 0.25) is 0 Å². The van der Waals surface area contributed by atoms with E-state index in [0.29, 0.717) is 11.3 Å². The Balaban J connectivity index is 2.91. The van der Waals surface area contributed by atoms with Crippen molar-refractivity contribution < 1.29 is 19.4 Å². The molecule has 1 unspecified atom stereocenters. The van der Waals surface area contributed by atoms with Gasteiger partial charge in [-0.15, -0.1) is 0 Å². The molecule has 5 heteroatoms. The minimum absolute atomic E-state index is 0.00683. The molecule has 0 spiro atoms. The number of methoxy groups -OCH3 is 1. The highest BCUT2D eigenvalue weighted by molar-refractivity contribution is 5.98. The number of carbonyl (C=O) groups excluding carboxylic acids is 1. The van der Waals surface area contributed by atoms with Crippen LogP contribution < -0.4 is 0 Å². The highest BCUT2D eigenvalue weighted by Crippen LogP contribution is 2.18. The van der Waals surface area contributed by atoms with Gasteiger partial charge in [-0.3, -0.25) is 9.79 Å². The van der Waals surface area contributed by atoms with Crippen molar-refractivity contribution in [2.75, 3.05) is 7.11 Å². The fourth-order valence-corrected chi connectivity index (χ4v) is 1.45. The SMILES string of the molecule is COC(=O)CC(C)=NC(C(=O)O)c1ccccc1. The zero-order valence-corrected chi connectivity index (χ0v) is 10.3. The number of benzene rings is 1. The van der Waals surface area contributed by atoms with Crippen molar-refractivity contribution in [3.05, 3.63) is 35.9 Å². The van der Waals surface area contributed by atoms with Crippen LogP contribution in [0, 0.1) is 0 Å². The van der Waals surface area contributed by atoms with Crippen LogP contribution in [0.15, 0.2) is 35.3 Å². The van der Waals surface area contributed by atoms with Crippen molar-refractivity contribution >= 4 is 17.7 Å². The van der Waals surface area contributed by atoms with E-state index >= 15 is 0 Å². The molecule has 1 aromatic carbocycles. The Morgan fingerprint density at radius 2 is 1.94 bits per heavy atom. The summed E-state index contributed by atoms with van der Waals surface area (Å²) < 4.78 is 4.50. The quantitative estimate of drug-likeness (QED) is 0.638. The molecule has 1 aromatic rings. The molecule has 0 aliphatic heterocycles. The number of carboxylic acid groups (broad SMARTS) is 1. The molecule has 0 aliphatic carbocycles. The third kappa shape index (κ3) is 4.01. The van der Waals surface area contributed by atoms with E-state index in [4.69, 9.17) is 5.11 Å². The molecule has 0 amide bonds. The van der Waals surface area contributed by atoms with E-state index in [1.54, 1.807) is 37.3 Å². The number of aliphatic imine (C=N–C) groups is 1. The molecule has 0 saturated carbocycles. The maximum Gasteiger partial charge on any atom is 0.333 e. The smallest absolute Gasteiger partial charge is 0.333 e. The maximum absolute atomic E-state index is 11.2. The lowest BCUT2D eigenvalue weighted by molar-refractivity contribution is -0.140. The van der Waals surface area contributed by atoms with E-state index in [9.17, 15) is 9.59 Å². The largest absolute Gasteiger partial charge is 0.479 e. The first-order valence-electron chi connectivity index (χ1n) is 5.42. The standard InChI is InChI=1S/C13H15NO4/c1-9(8-11(15)18-2)14-12(13(16)17)10-6-4-3-5-7-10/h3-7,12H,8H2,1-2H3,(H,16,17). The summed E-state index contributed by atoms with van der Waals surface area (Å²) in [6.07, 6.45) is -0.00683. The van der Waals surface area contributed by atoms with Crippen molar-refractivity contribution in [3.63, 3.8) is 0 Å². The third-order valence-electron chi connectivity index (χ3n) is 2.33. The molecular formula is C13H15NO4. The lowest BCUT2D eigenvalue weighted by Crippen LogP contribution is -2.13. The van der Waals surface area contributed by atoms with Crippen LogP contribution in [0.3, 0.4) is 0 Å². The van der Waals surface area contributed by atoms with Gasteiger partial charge in [0, 0.05) is 5.71 Å². The second kappa shape index (κ2) is 6.54. The number of esters is 1. The molecule has 0 heterocycles. The van der Waals surface area contributed by atoms with Gasteiger partial charge in [-0.2, -0.15) is 0 Å². The summed E-state index contributed by atoms with van der Waals surface area (Å²) in [5.74, 6) is -1.49. The number of hydrogen-bond acceptors (Lipinski definition) is 4. The Hall–Kier alpha value is -2.17.